The standard InChI is InChI=1S/C12H20O3/c13-11(14)12(6-2-1-3-7-12)9-15-8-10-4-5-10/h10H,1-9H2,(H,13,14). The maximum Gasteiger partial charge on any atom is 0.311 e. The summed E-state index contributed by atoms with van der Waals surface area (Å²) in [6.45, 7) is 1.20. The maximum absolute atomic E-state index is 11.3. The van der Waals surface area contributed by atoms with Crippen molar-refractivity contribution in [1.82, 2.24) is 0 Å². The van der Waals surface area contributed by atoms with E-state index in [9.17, 15) is 9.90 Å². The normalized spacial score (nSPS) is 25.1. The van der Waals surface area contributed by atoms with E-state index in [-0.39, 0.29) is 0 Å². The first kappa shape index (κ1) is 10.9. The molecule has 0 atom stereocenters. The van der Waals surface area contributed by atoms with Gasteiger partial charge in [-0.1, -0.05) is 19.3 Å². The predicted molar refractivity (Wildman–Crippen MR) is 56.7 cm³/mol. The maximum atomic E-state index is 11.3. The highest BCUT2D eigenvalue weighted by Crippen LogP contribution is 2.37. The summed E-state index contributed by atoms with van der Waals surface area (Å²) < 4.78 is 5.58. The van der Waals surface area contributed by atoms with Crippen LogP contribution in [0.5, 0.6) is 0 Å². The fraction of sp³-hybridized carbons (Fsp3) is 0.917. The summed E-state index contributed by atoms with van der Waals surface area (Å²) in [6.07, 6.45) is 7.38. The summed E-state index contributed by atoms with van der Waals surface area (Å²) in [5.41, 5.74) is -0.562. The molecule has 0 heterocycles. The van der Waals surface area contributed by atoms with Crippen molar-refractivity contribution in [3.05, 3.63) is 0 Å². The SMILES string of the molecule is O=C(O)C1(COCC2CC2)CCCCC1. The topological polar surface area (TPSA) is 46.5 Å². The highest BCUT2D eigenvalue weighted by atomic mass is 16.5. The molecule has 0 spiro atoms. The van der Waals surface area contributed by atoms with E-state index in [2.05, 4.69) is 0 Å². The van der Waals surface area contributed by atoms with E-state index in [0.29, 0.717) is 6.61 Å². The van der Waals surface area contributed by atoms with E-state index in [1.807, 2.05) is 0 Å². The molecule has 0 aromatic heterocycles. The Hall–Kier alpha value is -0.570. The summed E-state index contributed by atoms with van der Waals surface area (Å²) in [4.78, 5) is 11.3. The van der Waals surface area contributed by atoms with Gasteiger partial charge in [-0.3, -0.25) is 4.79 Å². The van der Waals surface area contributed by atoms with Gasteiger partial charge in [-0.05, 0) is 31.6 Å². The van der Waals surface area contributed by atoms with Crippen molar-refractivity contribution in [2.45, 2.75) is 44.9 Å². The minimum absolute atomic E-state index is 0.429. The van der Waals surface area contributed by atoms with Crippen molar-refractivity contribution >= 4 is 5.97 Å². The van der Waals surface area contributed by atoms with Crippen LogP contribution < -0.4 is 0 Å². The van der Waals surface area contributed by atoms with Crippen molar-refractivity contribution in [3.8, 4) is 0 Å². The first-order valence-electron chi connectivity index (χ1n) is 6.04. The number of carboxylic acids is 1. The van der Waals surface area contributed by atoms with Crippen LogP contribution in [-0.4, -0.2) is 24.3 Å². The molecule has 0 aromatic carbocycles. The summed E-state index contributed by atoms with van der Waals surface area (Å²) in [5.74, 6) is 0.0671. The van der Waals surface area contributed by atoms with E-state index in [4.69, 9.17) is 4.74 Å². The van der Waals surface area contributed by atoms with Gasteiger partial charge >= 0.3 is 5.97 Å². The first-order chi connectivity index (χ1) is 7.23. The van der Waals surface area contributed by atoms with Crippen LogP contribution in [0.25, 0.3) is 0 Å². The number of carboxylic acid groups (broad SMARTS) is 1. The second-order valence-electron chi connectivity index (χ2n) is 5.10. The quantitative estimate of drug-likeness (QED) is 0.761. The third-order valence-corrected chi connectivity index (χ3v) is 3.69. The van der Waals surface area contributed by atoms with Crippen molar-refractivity contribution in [2.75, 3.05) is 13.2 Å². The molecule has 0 amide bonds. The number of carbonyl (C=O) groups is 1. The van der Waals surface area contributed by atoms with E-state index >= 15 is 0 Å². The second kappa shape index (κ2) is 4.52. The Morgan fingerprint density at radius 1 is 1.27 bits per heavy atom. The third-order valence-electron chi connectivity index (χ3n) is 3.69. The Morgan fingerprint density at radius 3 is 2.47 bits per heavy atom. The average Bonchev–Trinajstić information content (AvgIpc) is 3.03. The lowest BCUT2D eigenvalue weighted by Gasteiger charge is -2.32. The molecule has 0 saturated heterocycles. The van der Waals surface area contributed by atoms with Gasteiger partial charge in [0.05, 0.1) is 12.0 Å². The molecule has 0 aromatic rings. The minimum atomic E-state index is -0.655. The number of hydrogen-bond donors (Lipinski definition) is 1. The molecule has 15 heavy (non-hydrogen) atoms. The molecule has 0 aliphatic heterocycles. The molecule has 86 valence electrons. The summed E-state index contributed by atoms with van der Waals surface area (Å²) >= 11 is 0. The molecule has 0 bridgehead atoms. The molecule has 3 nitrogen and oxygen atoms in total. The van der Waals surface area contributed by atoms with Gasteiger partial charge in [-0.2, -0.15) is 0 Å². The minimum Gasteiger partial charge on any atom is -0.481 e. The van der Waals surface area contributed by atoms with Crippen LogP contribution >= 0.6 is 0 Å². The Bertz CT molecular complexity index is 227. The summed E-state index contributed by atoms with van der Waals surface area (Å²) in [7, 11) is 0. The molecule has 3 heteroatoms. The molecule has 2 rings (SSSR count). The molecular weight excluding hydrogens is 192 g/mol. The zero-order valence-corrected chi connectivity index (χ0v) is 9.21. The van der Waals surface area contributed by atoms with Crippen LogP contribution in [0.2, 0.25) is 0 Å². The number of rotatable bonds is 5. The smallest absolute Gasteiger partial charge is 0.311 e. The number of hydrogen-bond acceptors (Lipinski definition) is 2. The Morgan fingerprint density at radius 2 is 1.93 bits per heavy atom. The van der Waals surface area contributed by atoms with Crippen molar-refractivity contribution in [2.24, 2.45) is 11.3 Å². The van der Waals surface area contributed by atoms with Gasteiger partial charge < -0.3 is 9.84 Å². The Kier molecular flexibility index (Phi) is 3.29. The largest absolute Gasteiger partial charge is 0.481 e. The van der Waals surface area contributed by atoms with E-state index in [1.165, 1.54) is 19.3 Å². The average molecular weight is 212 g/mol. The fourth-order valence-electron chi connectivity index (χ4n) is 2.35. The van der Waals surface area contributed by atoms with Crippen LogP contribution in [-0.2, 0) is 9.53 Å². The predicted octanol–water partition coefficient (Wildman–Crippen LogP) is 2.45. The summed E-state index contributed by atoms with van der Waals surface area (Å²) in [6, 6.07) is 0. The van der Waals surface area contributed by atoms with E-state index in [1.54, 1.807) is 0 Å². The van der Waals surface area contributed by atoms with Gasteiger partial charge in [-0.25, -0.2) is 0 Å². The van der Waals surface area contributed by atoms with Crippen molar-refractivity contribution < 1.29 is 14.6 Å². The number of ether oxygens (including phenoxy) is 1. The lowest BCUT2D eigenvalue weighted by Crippen LogP contribution is -2.38. The third kappa shape index (κ3) is 2.71. The Labute approximate surface area is 90.8 Å². The van der Waals surface area contributed by atoms with Gasteiger partial charge in [0, 0.05) is 6.61 Å². The van der Waals surface area contributed by atoms with Crippen molar-refractivity contribution in [3.63, 3.8) is 0 Å². The van der Waals surface area contributed by atoms with Gasteiger partial charge in [0.15, 0.2) is 0 Å². The molecule has 2 saturated carbocycles. The zero-order chi connectivity index (χ0) is 10.7. The molecule has 0 radical (unpaired) electrons. The molecule has 2 aliphatic carbocycles. The van der Waals surface area contributed by atoms with Gasteiger partial charge in [0.25, 0.3) is 0 Å². The highest BCUT2D eigenvalue weighted by molar-refractivity contribution is 5.74. The first-order valence-corrected chi connectivity index (χ1v) is 6.04. The van der Waals surface area contributed by atoms with Gasteiger partial charge in [-0.15, -0.1) is 0 Å². The van der Waals surface area contributed by atoms with Crippen LogP contribution in [0.4, 0.5) is 0 Å². The molecule has 2 aliphatic rings. The van der Waals surface area contributed by atoms with E-state index in [0.717, 1.165) is 38.2 Å². The number of aliphatic carboxylic acids is 1. The highest BCUT2D eigenvalue weighted by Gasteiger charge is 2.40. The van der Waals surface area contributed by atoms with E-state index < -0.39 is 11.4 Å². The zero-order valence-electron chi connectivity index (χ0n) is 9.21. The lowest BCUT2D eigenvalue weighted by molar-refractivity contribution is -0.155. The molecular formula is C12H20O3. The van der Waals surface area contributed by atoms with Crippen LogP contribution in [0.15, 0.2) is 0 Å². The molecule has 1 N–H and O–H groups in total. The van der Waals surface area contributed by atoms with Crippen molar-refractivity contribution in [1.29, 1.82) is 0 Å². The van der Waals surface area contributed by atoms with Crippen LogP contribution in [0.1, 0.15) is 44.9 Å². The monoisotopic (exact) mass is 212 g/mol. The molecule has 2 fully saturated rings. The summed E-state index contributed by atoms with van der Waals surface area (Å²) in [5, 5.41) is 9.29. The van der Waals surface area contributed by atoms with Crippen LogP contribution in [0, 0.1) is 11.3 Å². The van der Waals surface area contributed by atoms with Crippen LogP contribution in [0.3, 0.4) is 0 Å². The van der Waals surface area contributed by atoms with Gasteiger partial charge in [0.1, 0.15) is 0 Å². The van der Waals surface area contributed by atoms with Gasteiger partial charge in [0.2, 0.25) is 0 Å². The fourth-order valence-corrected chi connectivity index (χ4v) is 2.35. The Balaban J connectivity index is 1.82. The molecule has 0 unspecified atom stereocenters. The lowest BCUT2D eigenvalue weighted by atomic mass is 9.75. The second-order valence-corrected chi connectivity index (χ2v) is 5.10.